The van der Waals surface area contributed by atoms with Crippen molar-refractivity contribution in [1.29, 1.82) is 0 Å². The van der Waals surface area contributed by atoms with Gasteiger partial charge >= 0.3 is 0 Å². The van der Waals surface area contributed by atoms with Crippen LogP contribution in [0.25, 0.3) is 11.1 Å². The van der Waals surface area contributed by atoms with Crippen molar-refractivity contribution >= 4 is 62.7 Å². The highest BCUT2D eigenvalue weighted by atomic mass is 127. The Kier molecular flexibility index (Phi) is 6.27. The Bertz CT molecular complexity index is 677. The first-order chi connectivity index (χ1) is 10.0. The molecule has 0 aromatic heterocycles. The zero-order valence-corrected chi connectivity index (χ0v) is 15.9. The molecule has 1 amide bonds. The minimum Gasteiger partial charge on any atom is -0.395 e. The molecule has 0 saturated carbocycles. The molecule has 21 heavy (non-hydrogen) atoms. The fourth-order valence-corrected chi connectivity index (χ4v) is 2.90. The number of amides is 1. The predicted molar refractivity (Wildman–Crippen MR) is 102 cm³/mol. The molecule has 0 atom stereocenters. The van der Waals surface area contributed by atoms with Gasteiger partial charge in [-0.3, -0.25) is 4.79 Å². The molecule has 0 bridgehead atoms. The van der Waals surface area contributed by atoms with Gasteiger partial charge in [0.15, 0.2) is 0 Å². The van der Waals surface area contributed by atoms with Crippen molar-refractivity contribution in [3.05, 3.63) is 54.1 Å². The van der Waals surface area contributed by atoms with Crippen LogP contribution in [0.15, 0.2) is 36.4 Å². The number of carbonyl (C=O) groups excluding carboxylic acids is 1. The summed E-state index contributed by atoms with van der Waals surface area (Å²) in [4.78, 5) is 12.0. The Morgan fingerprint density at radius 2 is 1.90 bits per heavy atom. The fourth-order valence-electron chi connectivity index (χ4n) is 1.82. The van der Waals surface area contributed by atoms with Gasteiger partial charge < -0.3 is 10.4 Å². The summed E-state index contributed by atoms with van der Waals surface area (Å²) < 4.78 is 2.31. The van der Waals surface area contributed by atoms with Crippen LogP contribution in [0, 0.1) is 7.14 Å². The number of halogens is 3. The van der Waals surface area contributed by atoms with Gasteiger partial charge in [-0.2, -0.15) is 0 Å². The Labute approximate surface area is 155 Å². The maximum Gasteiger partial charge on any atom is 0.251 e. The molecule has 0 aliphatic heterocycles. The lowest BCUT2D eigenvalue weighted by Crippen LogP contribution is -2.26. The summed E-state index contributed by atoms with van der Waals surface area (Å²) in [6.07, 6.45) is 0. The van der Waals surface area contributed by atoms with Crippen LogP contribution < -0.4 is 5.32 Å². The van der Waals surface area contributed by atoms with E-state index in [0.717, 1.165) is 14.7 Å². The molecule has 2 rings (SSSR count). The quantitative estimate of drug-likeness (QED) is 0.592. The third-order valence-electron chi connectivity index (χ3n) is 2.86. The summed E-state index contributed by atoms with van der Waals surface area (Å²) >= 11 is 10.8. The lowest BCUT2D eigenvalue weighted by Gasteiger charge is -2.09. The number of rotatable bonds is 4. The number of hydrogen-bond acceptors (Lipinski definition) is 2. The molecule has 3 nitrogen and oxygen atoms in total. The van der Waals surface area contributed by atoms with Gasteiger partial charge in [-0.05, 0) is 81.1 Å². The zero-order valence-electron chi connectivity index (χ0n) is 10.9. The second-order valence-electron chi connectivity index (χ2n) is 4.30. The normalized spacial score (nSPS) is 10.5. The highest BCUT2D eigenvalue weighted by Crippen LogP contribution is 2.31. The van der Waals surface area contributed by atoms with Crippen molar-refractivity contribution in [3.8, 4) is 11.1 Å². The zero-order chi connectivity index (χ0) is 15.4. The van der Waals surface area contributed by atoms with E-state index in [1.807, 2.05) is 18.2 Å². The fraction of sp³-hybridized carbons (Fsp3) is 0.133. The first kappa shape index (κ1) is 17.0. The smallest absolute Gasteiger partial charge is 0.251 e. The van der Waals surface area contributed by atoms with Crippen LogP contribution in [0.5, 0.6) is 0 Å². The predicted octanol–water partition coefficient (Wildman–Crippen LogP) is 3.94. The van der Waals surface area contributed by atoms with Crippen molar-refractivity contribution in [2.75, 3.05) is 13.2 Å². The molecule has 0 unspecified atom stereocenters. The molecule has 2 aromatic carbocycles. The van der Waals surface area contributed by atoms with Gasteiger partial charge in [-0.15, -0.1) is 0 Å². The molecule has 0 heterocycles. The molecule has 0 aliphatic carbocycles. The van der Waals surface area contributed by atoms with E-state index in [2.05, 4.69) is 50.5 Å². The maximum absolute atomic E-state index is 12.0. The molecular formula is C15H12ClI2NO2. The van der Waals surface area contributed by atoms with Crippen LogP contribution in [0.2, 0.25) is 5.02 Å². The van der Waals surface area contributed by atoms with E-state index in [1.54, 1.807) is 18.2 Å². The van der Waals surface area contributed by atoms with Crippen molar-refractivity contribution < 1.29 is 9.90 Å². The van der Waals surface area contributed by atoms with Gasteiger partial charge in [-0.25, -0.2) is 0 Å². The Hall–Kier alpha value is -0.380. The summed E-state index contributed by atoms with van der Waals surface area (Å²) in [6, 6.07) is 11.2. The monoisotopic (exact) mass is 527 g/mol. The molecule has 0 aliphatic rings. The molecule has 0 fully saturated rings. The third-order valence-corrected chi connectivity index (χ3v) is 6.05. The molecule has 0 spiro atoms. The van der Waals surface area contributed by atoms with Crippen LogP contribution in [0.1, 0.15) is 10.4 Å². The van der Waals surface area contributed by atoms with Gasteiger partial charge in [0.05, 0.1) is 6.61 Å². The van der Waals surface area contributed by atoms with Crippen LogP contribution in [0.3, 0.4) is 0 Å². The number of benzene rings is 2. The lowest BCUT2D eigenvalue weighted by molar-refractivity contribution is 0.0945. The Morgan fingerprint density at radius 1 is 1.14 bits per heavy atom. The van der Waals surface area contributed by atoms with E-state index < -0.39 is 0 Å². The molecular weight excluding hydrogens is 515 g/mol. The number of hydrogen-bond donors (Lipinski definition) is 2. The maximum atomic E-state index is 12.0. The molecule has 6 heteroatoms. The van der Waals surface area contributed by atoms with Crippen molar-refractivity contribution in [3.63, 3.8) is 0 Å². The van der Waals surface area contributed by atoms with Crippen LogP contribution in [-0.2, 0) is 0 Å². The van der Waals surface area contributed by atoms with Gasteiger partial charge in [-0.1, -0.05) is 17.7 Å². The standard InChI is InChI=1S/C15H12ClI2NO2/c16-12-3-1-10(15(21)19-5-6-20)7-11(12)9-2-4-13(17)14(18)8-9/h1-4,7-8,20H,5-6H2,(H,19,21). The van der Waals surface area contributed by atoms with E-state index in [0.29, 0.717) is 10.6 Å². The molecule has 110 valence electrons. The highest BCUT2D eigenvalue weighted by Gasteiger charge is 2.11. The highest BCUT2D eigenvalue weighted by molar-refractivity contribution is 14.1. The van der Waals surface area contributed by atoms with E-state index >= 15 is 0 Å². The number of carbonyl (C=O) groups is 1. The minimum absolute atomic E-state index is 0.0818. The summed E-state index contributed by atoms with van der Waals surface area (Å²) in [7, 11) is 0. The summed E-state index contributed by atoms with van der Waals surface area (Å²) in [5, 5.41) is 12.0. The topological polar surface area (TPSA) is 49.3 Å². The van der Waals surface area contributed by atoms with Crippen molar-refractivity contribution in [2.24, 2.45) is 0 Å². The number of aliphatic hydroxyl groups is 1. The van der Waals surface area contributed by atoms with E-state index in [-0.39, 0.29) is 19.1 Å². The van der Waals surface area contributed by atoms with Gasteiger partial charge in [0.1, 0.15) is 0 Å². The van der Waals surface area contributed by atoms with Crippen LogP contribution in [-0.4, -0.2) is 24.2 Å². The number of nitrogens with one attached hydrogen (secondary N) is 1. The molecule has 2 N–H and O–H groups in total. The molecule has 2 aromatic rings. The molecule has 0 saturated heterocycles. The average Bonchev–Trinajstić information content (AvgIpc) is 2.48. The third kappa shape index (κ3) is 4.30. The van der Waals surface area contributed by atoms with Crippen molar-refractivity contribution in [2.45, 2.75) is 0 Å². The average molecular weight is 528 g/mol. The van der Waals surface area contributed by atoms with Crippen LogP contribution in [0.4, 0.5) is 0 Å². The number of aliphatic hydroxyl groups excluding tert-OH is 1. The lowest BCUT2D eigenvalue weighted by atomic mass is 10.0. The Morgan fingerprint density at radius 3 is 2.57 bits per heavy atom. The van der Waals surface area contributed by atoms with E-state index in [1.165, 1.54) is 3.57 Å². The van der Waals surface area contributed by atoms with E-state index in [9.17, 15) is 4.79 Å². The second-order valence-corrected chi connectivity index (χ2v) is 7.03. The summed E-state index contributed by atoms with van der Waals surface area (Å²) in [5.74, 6) is -0.220. The van der Waals surface area contributed by atoms with E-state index in [4.69, 9.17) is 16.7 Å². The largest absolute Gasteiger partial charge is 0.395 e. The van der Waals surface area contributed by atoms with Gasteiger partial charge in [0.25, 0.3) is 5.91 Å². The SMILES string of the molecule is O=C(NCCO)c1ccc(Cl)c(-c2ccc(I)c(I)c2)c1. The first-order valence-corrected chi connectivity index (χ1v) is 8.70. The Balaban J connectivity index is 2.39. The summed E-state index contributed by atoms with van der Waals surface area (Å²) in [6.45, 7) is 0.153. The molecule has 0 radical (unpaired) electrons. The first-order valence-electron chi connectivity index (χ1n) is 6.17. The summed E-state index contributed by atoms with van der Waals surface area (Å²) in [5.41, 5.74) is 2.32. The van der Waals surface area contributed by atoms with Gasteiger partial charge in [0, 0.05) is 29.8 Å². The second kappa shape index (κ2) is 7.75. The van der Waals surface area contributed by atoms with Crippen molar-refractivity contribution in [1.82, 2.24) is 5.32 Å². The minimum atomic E-state index is -0.220. The van der Waals surface area contributed by atoms with Gasteiger partial charge in [0.2, 0.25) is 0 Å². The van der Waals surface area contributed by atoms with Crippen LogP contribution >= 0.6 is 56.8 Å².